The fourth-order valence-corrected chi connectivity index (χ4v) is 2.08. The molecule has 0 radical (unpaired) electrons. The predicted molar refractivity (Wildman–Crippen MR) is 77.8 cm³/mol. The fraction of sp³-hybridized carbons (Fsp3) is 0.923. The molecule has 0 aromatic carbocycles. The average molecular weight is 295 g/mol. The molecule has 2 N–H and O–H groups in total. The lowest BCUT2D eigenvalue weighted by atomic mass is 9.96. The summed E-state index contributed by atoms with van der Waals surface area (Å²) in [7, 11) is 1.64. The first-order valence-electron chi connectivity index (χ1n) is 6.87. The summed E-state index contributed by atoms with van der Waals surface area (Å²) < 4.78 is 10.1. The third-order valence-electron chi connectivity index (χ3n) is 3.18. The first-order valence-corrected chi connectivity index (χ1v) is 6.87. The van der Waals surface area contributed by atoms with Crippen LogP contribution in [0.4, 0.5) is 0 Å². The van der Waals surface area contributed by atoms with Crippen LogP contribution in [-0.2, 0) is 14.3 Å². The molecule has 6 heteroatoms. The number of carbonyl (C=O) groups excluding carboxylic acids is 1. The second-order valence-electron chi connectivity index (χ2n) is 4.71. The van der Waals surface area contributed by atoms with Crippen LogP contribution in [0.2, 0.25) is 0 Å². The highest BCUT2D eigenvalue weighted by atomic mass is 35.5. The van der Waals surface area contributed by atoms with Gasteiger partial charge in [0.15, 0.2) is 0 Å². The standard InChI is InChI=1S/C13H26N2O3.ClH/c1-17-9-10-18-8-5-13(16)15-7-4-12-3-2-6-14-11-12;/h12,14H,2-11H2,1H3,(H,15,16);1H. The zero-order valence-corrected chi connectivity index (χ0v) is 12.6. The van der Waals surface area contributed by atoms with Crippen LogP contribution < -0.4 is 10.6 Å². The predicted octanol–water partition coefficient (Wildman–Crippen LogP) is 0.967. The van der Waals surface area contributed by atoms with Gasteiger partial charge in [-0.15, -0.1) is 12.4 Å². The van der Waals surface area contributed by atoms with Gasteiger partial charge in [-0.2, -0.15) is 0 Å². The minimum atomic E-state index is 0. The first kappa shape index (κ1) is 18.6. The van der Waals surface area contributed by atoms with Crippen LogP contribution in [0.15, 0.2) is 0 Å². The first-order chi connectivity index (χ1) is 8.83. The van der Waals surface area contributed by atoms with Gasteiger partial charge in [0.25, 0.3) is 0 Å². The van der Waals surface area contributed by atoms with Crippen molar-refractivity contribution in [1.82, 2.24) is 10.6 Å². The molecular formula is C13H27ClN2O3. The maximum atomic E-state index is 11.5. The molecule has 1 rings (SSSR count). The van der Waals surface area contributed by atoms with Gasteiger partial charge in [-0.25, -0.2) is 0 Å². The molecule has 5 nitrogen and oxygen atoms in total. The smallest absolute Gasteiger partial charge is 0.222 e. The Morgan fingerprint density at radius 1 is 1.37 bits per heavy atom. The van der Waals surface area contributed by atoms with Crippen molar-refractivity contribution in [2.24, 2.45) is 5.92 Å². The highest BCUT2D eigenvalue weighted by Crippen LogP contribution is 2.12. The molecule has 0 aromatic rings. The molecule has 1 fully saturated rings. The van der Waals surface area contributed by atoms with E-state index >= 15 is 0 Å². The molecule has 0 aliphatic carbocycles. The van der Waals surface area contributed by atoms with E-state index in [0.717, 1.165) is 32.0 Å². The summed E-state index contributed by atoms with van der Waals surface area (Å²) in [5.74, 6) is 0.799. The monoisotopic (exact) mass is 294 g/mol. The van der Waals surface area contributed by atoms with Crippen LogP contribution in [0.25, 0.3) is 0 Å². The van der Waals surface area contributed by atoms with E-state index in [1.807, 2.05) is 0 Å². The number of piperidine rings is 1. The van der Waals surface area contributed by atoms with Gasteiger partial charge in [-0.1, -0.05) is 0 Å². The zero-order valence-electron chi connectivity index (χ0n) is 11.8. The number of hydrogen-bond acceptors (Lipinski definition) is 4. The van der Waals surface area contributed by atoms with E-state index in [2.05, 4.69) is 10.6 Å². The van der Waals surface area contributed by atoms with Gasteiger partial charge >= 0.3 is 0 Å². The highest BCUT2D eigenvalue weighted by Gasteiger charge is 2.12. The lowest BCUT2D eigenvalue weighted by Crippen LogP contribution is -2.33. The van der Waals surface area contributed by atoms with E-state index in [1.165, 1.54) is 12.8 Å². The van der Waals surface area contributed by atoms with E-state index < -0.39 is 0 Å². The number of carbonyl (C=O) groups is 1. The van der Waals surface area contributed by atoms with Gasteiger partial charge in [0.05, 0.1) is 19.8 Å². The SMILES string of the molecule is COCCOCCC(=O)NCCC1CCCNC1.Cl. The topological polar surface area (TPSA) is 59.6 Å². The van der Waals surface area contributed by atoms with Crippen molar-refractivity contribution in [2.75, 3.05) is 46.6 Å². The molecule has 1 atom stereocenters. The normalized spacial score (nSPS) is 18.7. The molecule has 1 heterocycles. The van der Waals surface area contributed by atoms with Gasteiger partial charge in [-0.3, -0.25) is 4.79 Å². The number of nitrogens with one attached hydrogen (secondary N) is 2. The summed E-state index contributed by atoms with van der Waals surface area (Å²) in [5, 5.41) is 6.33. The van der Waals surface area contributed by atoms with Gasteiger partial charge in [0, 0.05) is 20.1 Å². The Hall–Kier alpha value is -0.360. The molecule has 0 saturated carbocycles. The molecule has 0 spiro atoms. The third-order valence-corrected chi connectivity index (χ3v) is 3.18. The van der Waals surface area contributed by atoms with E-state index in [0.29, 0.717) is 26.2 Å². The summed E-state index contributed by atoms with van der Waals surface area (Å²) in [6.07, 6.45) is 4.05. The lowest BCUT2D eigenvalue weighted by molar-refractivity contribution is -0.122. The van der Waals surface area contributed by atoms with Crippen molar-refractivity contribution in [3.63, 3.8) is 0 Å². The Morgan fingerprint density at radius 2 is 2.21 bits per heavy atom. The summed E-state index contributed by atoms with van der Waals surface area (Å²) in [4.78, 5) is 11.5. The van der Waals surface area contributed by atoms with Crippen LogP contribution >= 0.6 is 12.4 Å². The number of hydrogen-bond donors (Lipinski definition) is 2. The van der Waals surface area contributed by atoms with Crippen molar-refractivity contribution in [3.8, 4) is 0 Å². The molecular weight excluding hydrogens is 268 g/mol. The summed E-state index contributed by atoms with van der Waals surface area (Å²) in [6, 6.07) is 0. The summed E-state index contributed by atoms with van der Waals surface area (Å²) in [5.41, 5.74) is 0. The molecule has 1 amide bonds. The molecule has 19 heavy (non-hydrogen) atoms. The number of halogens is 1. The van der Waals surface area contributed by atoms with Gasteiger partial charge in [0.1, 0.15) is 0 Å². The molecule has 1 aliphatic rings. The Balaban J connectivity index is 0.00000324. The average Bonchev–Trinajstić information content (AvgIpc) is 2.40. The van der Waals surface area contributed by atoms with Crippen LogP contribution in [0.5, 0.6) is 0 Å². The maximum Gasteiger partial charge on any atom is 0.222 e. The molecule has 114 valence electrons. The Bertz CT molecular complexity index is 224. The van der Waals surface area contributed by atoms with Gasteiger partial charge in [0.2, 0.25) is 5.91 Å². The van der Waals surface area contributed by atoms with Gasteiger partial charge in [-0.05, 0) is 38.3 Å². The molecule has 0 bridgehead atoms. The minimum absolute atomic E-state index is 0. The second kappa shape index (κ2) is 12.7. The van der Waals surface area contributed by atoms with E-state index in [9.17, 15) is 4.79 Å². The Labute approximate surface area is 122 Å². The van der Waals surface area contributed by atoms with Crippen molar-refractivity contribution in [2.45, 2.75) is 25.7 Å². The van der Waals surface area contributed by atoms with E-state index in [-0.39, 0.29) is 18.3 Å². The second-order valence-corrected chi connectivity index (χ2v) is 4.71. The fourth-order valence-electron chi connectivity index (χ4n) is 2.08. The third kappa shape index (κ3) is 10.1. The maximum absolute atomic E-state index is 11.5. The van der Waals surface area contributed by atoms with E-state index in [1.54, 1.807) is 7.11 Å². The number of amides is 1. The van der Waals surface area contributed by atoms with Crippen LogP contribution in [0.3, 0.4) is 0 Å². The van der Waals surface area contributed by atoms with Crippen molar-refractivity contribution >= 4 is 18.3 Å². The Kier molecular flexibility index (Phi) is 12.4. The zero-order chi connectivity index (χ0) is 13.1. The molecule has 1 saturated heterocycles. The number of ether oxygens (including phenoxy) is 2. The molecule has 0 aromatic heterocycles. The lowest BCUT2D eigenvalue weighted by Gasteiger charge is -2.22. The molecule has 1 aliphatic heterocycles. The quantitative estimate of drug-likeness (QED) is 0.622. The summed E-state index contributed by atoms with van der Waals surface area (Å²) >= 11 is 0. The van der Waals surface area contributed by atoms with Crippen molar-refractivity contribution < 1.29 is 14.3 Å². The van der Waals surface area contributed by atoms with Crippen molar-refractivity contribution in [3.05, 3.63) is 0 Å². The minimum Gasteiger partial charge on any atom is -0.382 e. The van der Waals surface area contributed by atoms with Crippen LogP contribution in [-0.4, -0.2) is 52.5 Å². The van der Waals surface area contributed by atoms with Crippen LogP contribution in [0, 0.1) is 5.92 Å². The number of methoxy groups -OCH3 is 1. The Morgan fingerprint density at radius 3 is 2.89 bits per heavy atom. The largest absolute Gasteiger partial charge is 0.382 e. The summed E-state index contributed by atoms with van der Waals surface area (Å²) in [6.45, 7) is 4.62. The molecule has 1 unspecified atom stereocenters. The van der Waals surface area contributed by atoms with E-state index in [4.69, 9.17) is 9.47 Å². The van der Waals surface area contributed by atoms with Gasteiger partial charge < -0.3 is 20.1 Å². The van der Waals surface area contributed by atoms with Crippen molar-refractivity contribution in [1.29, 1.82) is 0 Å². The number of rotatable bonds is 9. The van der Waals surface area contributed by atoms with Crippen LogP contribution in [0.1, 0.15) is 25.7 Å². The highest BCUT2D eigenvalue weighted by molar-refractivity contribution is 5.85.